The second-order valence-electron chi connectivity index (χ2n) is 8.49. The van der Waals surface area contributed by atoms with Gasteiger partial charge in [0.25, 0.3) is 0 Å². The number of ether oxygens (including phenoxy) is 2. The molecule has 2 atom stereocenters. The number of aromatic hydroxyl groups is 1. The minimum Gasteiger partial charge on any atom is -0.507 e. The third kappa shape index (κ3) is 7.79. The van der Waals surface area contributed by atoms with Crippen LogP contribution in [0.15, 0.2) is 51.8 Å². The van der Waals surface area contributed by atoms with Crippen molar-refractivity contribution in [1.29, 1.82) is 0 Å². The van der Waals surface area contributed by atoms with Crippen LogP contribution in [0.4, 0.5) is 4.79 Å². The first-order valence-electron chi connectivity index (χ1n) is 11.3. The molecule has 0 bridgehead atoms. The number of carbonyl (C=O) groups is 2. The quantitative estimate of drug-likeness (QED) is 0.446. The minimum absolute atomic E-state index is 0.0688. The van der Waals surface area contributed by atoms with Crippen LogP contribution in [0.2, 0.25) is 0 Å². The molecule has 2 N–H and O–H groups in total. The summed E-state index contributed by atoms with van der Waals surface area (Å²) in [5.41, 5.74) is -0.256. The van der Waals surface area contributed by atoms with E-state index in [-0.39, 0.29) is 23.3 Å². The number of benzene rings is 1. The molecule has 0 radical (unpaired) electrons. The number of hydrogen-bond donors (Lipinski definition) is 2. The van der Waals surface area contributed by atoms with Crippen LogP contribution in [-0.2, 0) is 11.2 Å². The molecule has 0 aliphatic heterocycles. The number of amides is 1. The van der Waals surface area contributed by atoms with Gasteiger partial charge in [0.2, 0.25) is 0 Å². The molecule has 2 aromatic rings. The lowest BCUT2D eigenvalue weighted by molar-refractivity contribution is 0.0921. The molecule has 2 rings (SSSR count). The Morgan fingerprint density at radius 1 is 1.15 bits per heavy atom. The summed E-state index contributed by atoms with van der Waals surface area (Å²) in [6, 6.07) is 8.78. The second-order valence-corrected chi connectivity index (χ2v) is 8.49. The van der Waals surface area contributed by atoms with Crippen molar-refractivity contribution in [1.82, 2.24) is 5.32 Å². The van der Waals surface area contributed by atoms with Gasteiger partial charge in [0.1, 0.15) is 22.8 Å². The van der Waals surface area contributed by atoms with Crippen LogP contribution in [-0.4, -0.2) is 30.2 Å². The smallest absolute Gasteiger partial charge is 0.410 e. The molecule has 0 fully saturated rings. The lowest BCUT2D eigenvalue weighted by Gasteiger charge is -2.14. The number of Topliss-reactive ketones (excluding diaryl/α,β-unsaturated/α-hetero) is 1. The van der Waals surface area contributed by atoms with E-state index < -0.39 is 23.4 Å². The average molecular weight is 472 g/mol. The van der Waals surface area contributed by atoms with Gasteiger partial charge in [0.05, 0.1) is 13.2 Å². The van der Waals surface area contributed by atoms with Gasteiger partial charge in [-0.05, 0) is 50.8 Å². The van der Waals surface area contributed by atoms with Crippen molar-refractivity contribution in [3.05, 3.63) is 69.9 Å². The molecule has 8 heteroatoms. The van der Waals surface area contributed by atoms with Crippen LogP contribution in [0, 0.1) is 5.92 Å². The normalized spacial score (nSPS) is 13.0. The molecule has 0 spiro atoms. The van der Waals surface area contributed by atoms with E-state index in [1.54, 1.807) is 13.0 Å². The SMILES string of the molecule is COC(=O)N/C=C/CCC(C)c1cc(O)c(C(=O)C(C)Cc2ccc(OC(C)C)cc2)c(=O)o1. The van der Waals surface area contributed by atoms with Crippen molar-refractivity contribution in [3.63, 3.8) is 0 Å². The molecular formula is C26H33NO7. The van der Waals surface area contributed by atoms with E-state index >= 15 is 0 Å². The third-order valence-electron chi connectivity index (χ3n) is 5.24. The van der Waals surface area contributed by atoms with Crippen LogP contribution in [0.25, 0.3) is 0 Å². The molecule has 0 saturated heterocycles. The minimum atomic E-state index is -0.845. The Morgan fingerprint density at radius 3 is 2.41 bits per heavy atom. The van der Waals surface area contributed by atoms with Crippen LogP contribution in [0.1, 0.15) is 68.1 Å². The molecule has 1 aromatic heterocycles. The third-order valence-corrected chi connectivity index (χ3v) is 5.24. The number of nitrogens with one attached hydrogen (secondary N) is 1. The molecule has 34 heavy (non-hydrogen) atoms. The van der Waals surface area contributed by atoms with Crippen LogP contribution in [0.5, 0.6) is 11.5 Å². The summed E-state index contributed by atoms with van der Waals surface area (Å²) >= 11 is 0. The number of hydrogen-bond acceptors (Lipinski definition) is 7. The first-order valence-corrected chi connectivity index (χ1v) is 11.3. The van der Waals surface area contributed by atoms with Gasteiger partial charge in [-0.3, -0.25) is 10.1 Å². The number of alkyl carbamates (subject to hydrolysis) is 1. The standard InChI is InChI=1S/C26H33NO7/c1-16(2)33-20-11-9-19(10-12-20)14-18(4)24(29)23-21(28)15-22(34-25(23)30)17(3)8-6-7-13-27-26(31)32-5/h7,9-13,15-18,28H,6,8,14H2,1-5H3,(H,27,31)/b13-7+. The molecule has 0 saturated carbocycles. The summed E-state index contributed by atoms with van der Waals surface area (Å²) in [4.78, 5) is 36.5. The highest BCUT2D eigenvalue weighted by Gasteiger charge is 2.25. The Hall–Kier alpha value is -3.55. The van der Waals surface area contributed by atoms with Gasteiger partial charge in [-0.2, -0.15) is 0 Å². The summed E-state index contributed by atoms with van der Waals surface area (Å²) in [5, 5.41) is 12.9. The summed E-state index contributed by atoms with van der Waals surface area (Å²) < 4.78 is 15.5. The van der Waals surface area contributed by atoms with E-state index in [2.05, 4.69) is 10.1 Å². The molecule has 0 aliphatic carbocycles. The molecule has 184 valence electrons. The van der Waals surface area contributed by atoms with Crippen molar-refractivity contribution in [2.75, 3.05) is 7.11 Å². The van der Waals surface area contributed by atoms with E-state index in [9.17, 15) is 19.5 Å². The Labute approximate surface area is 199 Å². The van der Waals surface area contributed by atoms with Gasteiger partial charge in [0.15, 0.2) is 5.78 Å². The largest absolute Gasteiger partial charge is 0.507 e. The summed E-state index contributed by atoms with van der Waals surface area (Å²) in [7, 11) is 1.27. The Bertz CT molecular complexity index is 1050. The number of methoxy groups -OCH3 is 1. The van der Waals surface area contributed by atoms with Gasteiger partial charge in [-0.1, -0.05) is 32.1 Å². The predicted octanol–water partition coefficient (Wildman–Crippen LogP) is 4.95. The van der Waals surface area contributed by atoms with Gasteiger partial charge < -0.3 is 19.0 Å². The highest BCUT2D eigenvalue weighted by molar-refractivity contribution is 5.99. The maximum Gasteiger partial charge on any atom is 0.410 e. The maximum absolute atomic E-state index is 12.9. The summed E-state index contributed by atoms with van der Waals surface area (Å²) in [6.45, 7) is 7.45. The predicted molar refractivity (Wildman–Crippen MR) is 128 cm³/mol. The summed E-state index contributed by atoms with van der Waals surface area (Å²) in [5.74, 6) is -0.517. The molecule has 1 heterocycles. The van der Waals surface area contributed by atoms with Gasteiger partial charge in [-0.15, -0.1) is 0 Å². The zero-order chi connectivity index (χ0) is 25.3. The van der Waals surface area contributed by atoms with Crippen LogP contribution in [0.3, 0.4) is 0 Å². The van der Waals surface area contributed by atoms with E-state index in [1.165, 1.54) is 19.4 Å². The highest BCUT2D eigenvalue weighted by Crippen LogP contribution is 2.27. The van der Waals surface area contributed by atoms with Crippen molar-refractivity contribution < 1.29 is 28.6 Å². The Kier molecular flexibility index (Phi) is 9.92. The first-order chi connectivity index (χ1) is 16.1. The van der Waals surface area contributed by atoms with E-state index in [4.69, 9.17) is 9.15 Å². The lowest BCUT2D eigenvalue weighted by Crippen LogP contribution is -2.22. The fourth-order valence-electron chi connectivity index (χ4n) is 3.40. The lowest BCUT2D eigenvalue weighted by atomic mass is 9.92. The monoisotopic (exact) mass is 471 g/mol. The van der Waals surface area contributed by atoms with Crippen LogP contribution < -0.4 is 15.7 Å². The molecule has 1 amide bonds. The fourth-order valence-corrected chi connectivity index (χ4v) is 3.40. The molecule has 2 unspecified atom stereocenters. The Balaban J connectivity index is 2.03. The molecule has 0 aliphatic rings. The van der Waals surface area contributed by atoms with Gasteiger partial charge >= 0.3 is 11.7 Å². The maximum atomic E-state index is 12.9. The first kappa shape index (κ1) is 26.7. The Morgan fingerprint density at radius 2 is 1.82 bits per heavy atom. The fraction of sp³-hybridized carbons (Fsp3) is 0.423. The highest BCUT2D eigenvalue weighted by atomic mass is 16.5. The van der Waals surface area contributed by atoms with Crippen molar-refractivity contribution >= 4 is 11.9 Å². The average Bonchev–Trinajstić information content (AvgIpc) is 2.78. The zero-order valence-corrected chi connectivity index (χ0v) is 20.3. The van der Waals surface area contributed by atoms with E-state index in [0.717, 1.165) is 11.3 Å². The van der Waals surface area contributed by atoms with Crippen LogP contribution >= 0.6 is 0 Å². The summed E-state index contributed by atoms with van der Waals surface area (Å²) in [6.07, 6.45) is 4.32. The zero-order valence-electron chi connectivity index (χ0n) is 20.3. The number of rotatable bonds is 11. The molecule has 1 aromatic carbocycles. The van der Waals surface area contributed by atoms with Gasteiger partial charge in [0, 0.05) is 24.1 Å². The topological polar surface area (TPSA) is 115 Å². The second kappa shape index (κ2) is 12.6. The van der Waals surface area contributed by atoms with Crippen molar-refractivity contribution in [3.8, 4) is 11.5 Å². The number of ketones is 1. The van der Waals surface area contributed by atoms with Crippen molar-refractivity contribution in [2.45, 2.75) is 59.0 Å². The molecule has 8 nitrogen and oxygen atoms in total. The number of carbonyl (C=O) groups excluding carboxylic acids is 2. The van der Waals surface area contributed by atoms with Crippen molar-refractivity contribution in [2.24, 2.45) is 5.92 Å². The van der Waals surface area contributed by atoms with E-state index in [1.807, 2.05) is 45.0 Å². The molecular weight excluding hydrogens is 438 g/mol. The van der Waals surface area contributed by atoms with Gasteiger partial charge in [-0.25, -0.2) is 9.59 Å². The van der Waals surface area contributed by atoms with E-state index in [0.29, 0.717) is 25.0 Å². The number of allylic oxidation sites excluding steroid dienone is 1.